The number of guanidine groups is 1. The van der Waals surface area contributed by atoms with Crippen LogP contribution >= 0.6 is 0 Å². The molecule has 0 aliphatic rings. The first-order chi connectivity index (χ1) is 14.9. The van der Waals surface area contributed by atoms with Gasteiger partial charge >= 0.3 is 0 Å². The Bertz CT molecular complexity index is 1130. The highest BCUT2D eigenvalue weighted by Crippen LogP contribution is 2.18. The first-order valence-corrected chi connectivity index (χ1v) is 9.80. The van der Waals surface area contributed by atoms with Crippen molar-refractivity contribution in [3.63, 3.8) is 0 Å². The molecule has 8 N–H and O–H groups in total. The van der Waals surface area contributed by atoms with Crippen molar-refractivity contribution in [2.24, 2.45) is 16.6 Å². The summed E-state index contributed by atoms with van der Waals surface area (Å²) in [7, 11) is 0. The van der Waals surface area contributed by atoms with E-state index >= 15 is 0 Å². The van der Waals surface area contributed by atoms with Crippen LogP contribution in [-0.4, -0.2) is 46.5 Å². The number of rotatable bonds is 10. The number of carbonyl (C=O) groups excluding carboxylic acids is 1. The monoisotopic (exact) mass is 426 g/mol. The van der Waals surface area contributed by atoms with E-state index in [-0.39, 0.29) is 42.8 Å². The molecule has 1 amide bonds. The van der Waals surface area contributed by atoms with Gasteiger partial charge in [-0.3, -0.25) is 9.59 Å². The number of hydrogen-bond donors (Lipinski definition) is 6. The molecule has 11 heteroatoms. The lowest BCUT2D eigenvalue weighted by molar-refractivity contribution is -0.120. The van der Waals surface area contributed by atoms with Crippen LogP contribution in [0.5, 0.6) is 0 Å². The Morgan fingerprint density at radius 3 is 2.87 bits per heavy atom. The van der Waals surface area contributed by atoms with E-state index < -0.39 is 0 Å². The molecular weight excluding hydrogens is 400 g/mol. The standard InChI is InChI=1S/C20H26N8O3/c1-12-16(10-17(29)23-8-9-31-28-20(21)22)27-18(19(30)26-12)24-7-6-13-11-25-15-5-3-2-4-14(13)15/h2-5,11,25H,6-10H2,1H3,(H,23,29)(H,24,27)(H,26,30)(H4,21,22,28). The van der Waals surface area contributed by atoms with Gasteiger partial charge in [-0.2, -0.15) is 0 Å². The summed E-state index contributed by atoms with van der Waals surface area (Å²) in [5.74, 6) is -0.269. The second-order valence-electron chi connectivity index (χ2n) is 6.90. The van der Waals surface area contributed by atoms with Crippen LogP contribution in [0.2, 0.25) is 0 Å². The van der Waals surface area contributed by atoms with Gasteiger partial charge in [-0.25, -0.2) is 4.98 Å². The van der Waals surface area contributed by atoms with Gasteiger partial charge in [0.2, 0.25) is 11.9 Å². The maximum atomic E-state index is 12.2. The van der Waals surface area contributed by atoms with Crippen LogP contribution in [0.4, 0.5) is 5.82 Å². The fourth-order valence-corrected chi connectivity index (χ4v) is 3.09. The van der Waals surface area contributed by atoms with Gasteiger partial charge in [0.25, 0.3) is 5.56 Å². The quantitative estimate of drug-likeness (QED) is 0.115. The van der Waals surface area contributed by atoms with Gasteiger partial charge in [0.15, 0.2) is 5.82 Å². The fourth-order valence-electron chi connectivity index (χ4n) is 3.09. The van der Waals surface area contributed by atoms with Gasteiger partial charge < -0.3 is 36.9 Å². The van der Waals surface area contributed by atoms with Crippen LogP contribution in [0, 0.1) is 6.92 Å². The van der Waals surface area contributed by atoms with Crippen LogP contribution in [0.25, 0.3) is 10.9 Å². The molecule has 0 spiro atoms. The predicted octanol–water partition coefficient (Wildman–Crippen LogP) is 0.0779. The fraction of sp³-hybridized carbons (Fsp3) is 0.300. The van der Waals surface area contributed by atoms with Crippen molar-refractivity contribution >= 4 is 28.6 Å². The van der Waals surface area contributed by atoms with E-state index in [0.29, 0.717) is 24.4 Å². The highest BCUT2D eigenvalue weighted by molar-refractivity contribution is 5.83. The minimum Gasteiger partial charge on any atom is -0.391 e. The van der Waals surface area contributed by atoms with Crippen molar-refractivity contribution in [1.29, 1.82) is 0 Å². The Morgan fingerprint density at radius 1 is 1.26 bits per heavy atom. The van der Waals surface area contributed by atoms with Gasteiger partial charge in [0.05, 0.1) is 18.7 Å². The summed E-state index contributed by atoms with van der Waals surface area (Å²) in [5.41, 5.74) is 13.2. The number of para-hydroxylation sites is 1. The maximum absolute atomic E-state index is 12.2. The minimum absolute atomic E-state index is 0.0159. The van der Waals surface area contributed by atoms with Gasteiger partial charge in [-0.15, -0.1) is 0 Å². The number of fused-ring (bicyclic) bond motifs is 1. The first-order valence-electron chi connectivity index (χ1n) is 9.80. The molecule has 11 nitrogen and oxygen atoms in total. The van der Waals surface area contributed by atoms with Gasteiger partial charge in [0.1, 0.15) is 6.61 Å². The van der Waals surface area contributed by atoms with E-state index in [1.807, 2.05) is 24.4 Å². The molecule has 0 aliphatic heterocycles. The SMILES string of the molecule is Cc1[nH]c(=O)c(NCCc2c[nH]c3ccccc23)nc1CC(=O)NCCON=C(N)N. The molecule has 0 fully saturated rings. The largest absolute Gasteiger partial charge is 0.391 e. The molecule has 31 heavy (non-hydrogen) atoms. The third-order valence-corrected chi connectivity index (χ3v) is 4.57. The van der Waals surface area contributed by atoms with E-state index in [1.165, 1.54) is 0 Å². The number of anilines is 1. The van der Waals surface area contributed by atoms with Crippen LogP contribution in [0.15, 0.2) is 40.4 Å². The second kappa shape index (κ2) is 10.1. The topological polar surface area (TPSA) is 176 Å². The van der Waals surface area contributed by atoms with Gasteiger partial charge in [0, 0.05) is 29.3 Å². The Labute approximate surface area is 178 Å². The Balaban J connectivity index is 1.55. The van der Waals surface area contributed by atoms with Crippen molar-refractivity contribution in [3.05, 3.63) is 57.8 Å². The summed E-state index contributed by atoms with van der Waals surface area (Å²) in [6.07, 6.45) is 2.69. The number of nitrogens with one attached hydrogen (secondary N) is 4. The molecule has 0 saturated heterocycles. The third-order valence-electron chi connectivity index (χ3n) is 4.57. The number of hydrogen-bond acceptors (Lipinski definition) is 6. The maximum Gasteiger partial charge on any atom is 0.290 e. The number of aromatic amines is 2. The number of amides is 1. The number of benzene rings is 1. The lowest BCUT2D eigenvalue weighted by atomic mass is 10.1. The van der Waals surface area contributed by atoms with Crippen molar-refractivity contribution in [2.45, 2.75) is 19.8 Å². The third kappa shape index (κ3) is 5.98. The van der Waals surface area contributed by atoms with Crippen molar-refractivity contribution in [3.8, 4) is 0 Å². The molecule has 0 atom stereocenters. The van der Waals surface area contributed by atoms with Crippen molar-refractivity contribution in [2.75, 3.05) is 25.0 Å². The van der Waals surface area contributed by atoms with E-state index in [1.54, 1.807) is 6.92 Å². The Kier molecular flexibility index (Phi) is 7.09. The number of aromatic nitrogens is 3. The summed E-state index contributed by atoms with van der Waals surface area (Å²) in [4.78, 5) is 39.5. The van der Waals surface area contributed by atoms with Crippen molar-refractivity contribution in [1.82, 2.24) is 20.3 Å². The number of carbonyl (C=O) groups is 1. The van der Waals surface area contributed by atoms with Crippen LogP contribution in [0.1, 0.15) is 17.0 Å². The van der Waals surface area contributed by atoms with E-state index in [0.717, 1.165) is 16.5 Å². The lowest BCUT2D eigenvalue weighted by Gasteiger charge is -2.10. The number of oxime groups is 1. The van der Waals surface area contributed by atoms with E-state index in [9.17, 15) is 9.59 Å². The molecule has 0 bridgehead atoms. The first kappa shape index (κ1) is 21.7. The minimum atomic E-state index is -0.328. The van der Waals surface area contributed by atoms with Crippen LogP contribution < -0.4 is 27.7 Å². The molecular formula is C20H26N8O3. The summed E-state index contributed by atoms with van der Waals surface area (Å²) < 4.78 is 0. The summed E-state index contributed by atoms with van der Waals surface area (Å²) in [6, 6.07) is 8.04. The lowest BCUT2D eigenvalue weighted by Crippen LogP contribution is -2.30. The molecule has 3 rings (SSSR count). The average molecular weight is 426 g/mol. The molecule has 0 saturated carbocycles. The molecule has 164 valence electrons. The molecule has 1 aromatic carbocycles. The molecule has 0 unspecified atom stereocenters. The molecule has 2 heterocycles. The normalized spacial score (nSPS) is 10.6. The van der Waals surface area contributed by atoms with E-state index in [2.05, 4.69) is 36.8 Å². The number of aryl methyl sites for hydroxylation is 1. The number of H-pyrrole nitrogens is 2. The average Bonchev–Trinajstić information content (AvgIpc) is 3.14. The number of nitrogens with two attached hydrogens (primary N) is 2. The summed E-state index contributed by atoms with van der Waals surface area (Å²) in [5, 5.41) is 10.3. The zero-order valence-corrected chi connectivity index (χ0v) is 17.2. The Hall–Kier alpha value is -4.02. The molecule has 0 aliphatic carbocycles. The van der Waals surface area contributed by atoms with E-state index in [4.69, 9.17) is 16.3 Å². The highest BCUT2D eigenvalue weighted by atomic mass is 16.6. The molecule has 0 radical (unpaired) electrons. The summed E-state index contributed by atoms with van der Waals surface area (Å²) in [6.45, 7) is 2.58. The summed E-state index contributed by atoms with van der Waals surface area (Å²) >= 11 is 0. The number of nitrogens with zero attached hydrogens (tertiary/aromatic N) is 2. The van der Waals surface area contributed by atoms with Crippen molar-refractivity contribution < 1.29 is 9.63 Å². The molecule has 2 aromatic heterocycles. The van der Waals surface area contributed by atoms with Crippen LogP contribution in [0.3, 0.4) is 0 Å². The highest BCUT2D eigenvalue weighted by Gasteiger charge is 2.12. The predicted molar refractivity (Wildman–Crippen MR) is 119 cm³/mol. The Morgan fingerprint density at radius 2 is 2.06 bits per heavy atom. The van der Waals surface area contributed by atoms with Gasteiger partial charge in [-0.05, 0) is 30.1 Å². The zero-order valence-electron chi connectivity index (χ0n) is 17.2. The molecule has 3 aromatic rings. The smallest absolute Gasteiger partial charge is 0.290 e. The van der Waals surface area contributed by atoms with Crippen LogP contribution in [-0.2, 0) is 22.5 Å². The van der Waals surface area contributed by atoms with Gasteiger partial charge in [-0.1, -0.05) is 18.2 Å². The second-order valence-corrected chi connectivity index (χ2v) is 6.90. The zero-order chi connectivity index (χ0) is 22.2.